The first-order chi connectivity index (χ1) is 14.1. The SMILES string of the molecule is O=C(Nc1ccc(F)c(C(F)(F)F)c1)N1CCc2nn3c(c2C1)C(F)(F)CCCC3. The van der Waals surface area contributed by atoms with Gasteiger partial charge in [0, 0.05) is 37.2 Å². The number of urea groups is 1. The van der Waals surface area contributed by atoms with Crippen molar-refractivity contribution in [3.8, 4) is 0 Å². The van der Waals surface area contributed by atoms with Crippen molar-refractivity contribution in [2.24, 2.45) is 0 Å². The average molecular weight is 432 g/mol. The van der Waals surface area contributed by atoms with Gasteiger partial charge in [0.2, 0.25) is 0 Å². The third-order valence-corrected chi connectivity index (χ3v) is 5.37. The number of carbonyl (C=O) groups excluding carboxylic acids is 1. The average Bonchev–Trinajstić information content (AvgIpc) is 2.96. The van der Waals surface area contributed by atoms with E-state index in [0.717, 1.165) is 6.07 Å². The quantitative estimate of drug-likeness (QED) is 0.652. The minimum Gasteiger partial charge on any atom is -0.320 e. The molecule has 0 spiro atoms. The standard InChI is InChI=1S/C19H18F6N4O/c20-14-4-3-11(9-13(14)19(23,24)25)26-17(30)28-8-5-15-12(10-28)16-18(21,22)6-1-2-7-29(16)27-15/h3-4,9H,1-2,5-8,10H2,(H,26,30). The lowest BCUT2D eigenvalue weighted by Crippen LogP contribution is -2.39. The number of hydrogen-bond acceptors (Lipinski definition) is 2. The van der Waals surface area contributed by atoms with Crippen LogP contribution < -0.4 is 5.32 Å². The van der Waals surface area contributed by atoms with Crippen LogP contribution in [0.15, 0.2) is 18.2 Å². The molecule has 0 saturated carbocycles. The van der Waals surface area contributed by atoms with Gasteiger partial charge in [0.15, 0.2) is 0 Å². The molecule has 2 aromatic rings. The van der Waals surface area contributed by atoms with Gasteiger partial charge >= 0.3 is 12.2 Å². The highest BCUT2D eigenvalue weighted by Gasteiger charge is 2.42. The highest BCUT2D eigenvalue weighted by Crippen LogP contribution is 2.40. The van der Waals surface area contributed by atoms with Crippen molar-refractivity contribution < 1.29 is 31.1 Å². The maximum Gasteiger partial charge on any atom is 0.419 e. The number of alkyl halides is 5. The Bertz CT molecular complexity index is 984. The van der Waals surface area contributed by atoms with Crippen LogP contribution in [0.4, 0.5) is 36.8 Å². The molecule has 162 valence electrons. The van der Waals surface area contributed by atoms with Crippen LogP contribution in [0, 0.1) is 5.82 Å². The van der Waals surface area contributed by atoms with Crippen LogP contribution in [0.5, 0.6) is 0 Å². The molecule has 0 atom stereocenters. The van der Waals surface area contributed by atoms with E-state index >= 15 is 0 Å². The van der Waals surface area contributed by atoms with Crippen LogP contribution >= 0.6 is 0 Å². The minimum atomic E-state index is -4.91. The predicted octanol–water partition coefficient (Wildman–Crippen LogP) is 4.91. The highest BCUT2D eigenvalue weighted by molar-refractivity contribution is 5.89. The molecule has 0 unspecified atom stereocenters. The van der Waals surface area contributed by atoms with Crippen molar-refractivity contribution >= 4 is 11.7 Å². The van der Waals surface area contributed by atoms with E-state index in [2.05, 4.69) is 10.4 Å². The summed E-state index contributed by atoms with van der Waals surface area (Å²) in [5, 5.41) is 6.58. The summed E-state index contributed by atoms with van der Waals surface area (Å²) < 4.78 is 82.6. The normalized spacial score (nSPS) is 18.4. The molecule has 1 N–H and O–H groups in total. The highest BCUT2D eigenvalue weighted by atomic mass is 19.4. The van der Waals surface area contributed by atoms with Crippen molar-refractivity contribution in [2.75, 3.05) is 11.9 Å². The van der Waals surface area contributed by atoms with E-state index in [-0.39, 0.29) is 37.3 Å². The molecule has 2 aliphatic rings. The molecule has 4 rings (SSSR count). The van der Waals surface area contributed by atoms with Gasteiger partial charge in [-0.2, -0.15) is 27.1 Å². The summed E-state index contributed by atoms with van der Waals surface area (Å²) >= 11 is 0. The fraction of sp³-hybridized carbons (Fsp3) is 0.474. The van der Waals surface area contributed by atoms with Crippen LogP contribution in [0.25, 0.3) is 0 Å². The van der Waals surface area contributed by atoms with E-state index in [9.17, 15) is 31.1 Å². The second kappa shape index (κ2) is 7.21. The van der Waals surface area contributed by atoms with Gasteiger partial charge in [-0.25, -0.2) is 9.18 Å². The van der Waals surface area contributed by atoms with Gasteiger partial charge in [-0.3, -0.25) is 4.68 Å². The van der Waals surface area contributed by atoms with E-state index < -0.39 is 29.5 Å². The number of fused-ring (bicyclic) bond motifs is 3. The zero-order chi connectivity index (χ0) is 21.7. The maximum absolute atomic E-state index is 14.6. The van der Waals surface area contributed by atoms with Gasteiger partial charge in [-0.1, -0.05) is 0 Å². The molecule has 0 bridgehead atoms. The second-order valence-electron chi connectivity index (χ2n) is 7.45. The Labute approximate surface area is 167 Å². The number of carbonyl (C=O) groups is 1. The van der Waals surface area contributed by atoms with Crippen molar-refractivity contribution in [3.63, 3.8) is 0 Å². The summed E-state index contributed by atoms with van der Waals surface area (Å²) in [5.41, 5.74) is -1.12. The monoisotopic (exact) mass is 432 g/mol. The molecule has 0 fully saturated rings. The zero-order valence-electron chi connectivity index (χ0n) is 15.7. The molecule has 1 aromatic carbocycles. The van der Waals surface area contributed by atoms with Crippen molar-refractivity contribution in [1.29, 1.82) is 0 Å². The van der Waals surface area contributed by atoms with Gasteiger partial charge in [-0.05, 0) is 31.0 Å². The second-order valence-corrected chi connectivity index (χ2v) is 7.45. The lowest BCUT2D eigenvalue weighted by Gasteiger charge is -2.28. The zero-order valence-corrected chi connectivity index (χ0v) is 15.7. The van der Waals surface area contributed by atoms with E-state index in [0.29, 0.717) is 42.8 Å². The Hall–Kier alpha value is -2.72. The third kappa shape index (κ3) is 3.72. The number of nitrogens with one attached hydrogen (secondary N) is 1. The number of rotatable bonds is 1. The molecular formula is C19H18F6N4O. The van der Waals surface area contributed by atoms with Crippen molar-refractivity contribution in [1.82, 2.24) is 14.7 Å². The lowest BCUT2D eigenvalue weighted by molar-refractivity contribution is -0.139. The van der Waals surface area contributed by atoms with Crippen molar-refractivity contribution in [2.45, 2.75) is 50.9 Å². The summed E-state index contributed by atoms with van der Waals surface area (Å²) in [6.07, 6.45) is -4.00. The first-order valence-corrected chi connectivity index (χ1v) is 9.46. The van der Waals surface area contributed by atoms with Crippen LogP contribution in [0.1, 0.15) is 41.8 Å². The molecular weight excluding hydrogens is 414 g/mol. The van der Waals surface area contributed by atoms with Crippen LogP contribution in [-0.4, -0.2) is 27.3 Å². The number of nitrogens with zero attached hydrogens (tertiary/aromatic N) is 3. The Morgan fingerprint density at radius 3 is 2.67 bits per heavy atom. The first-order valence-electron chi connectivity index (χ1n) is 9.46. The largest absolute Gasteiger partial charge is 0.419 e. The molecule has 0 radical (unpaired) electrons. The number of benzene rings is 1. The molecule has 2 amide bonds. The Morgan fingerprint density at radius 2 is 1.93 bits per heavy atom. The topological polar surface area (TPSA) is 50.2 Å². The van der Waals surface area contributed by atoms with E-state index in [1.807, 2.05) is 0 Å². The summed E-state index contributed by atoms with van der Waals surface area (Å²) in [5.74, 6) is -4.51. The lowest BCUT2D eigenvalue weighted by atomic mass is 10.00. The molecule has 11 heteroatoms. The molecule has 3 heterocycles. The number of aryl methyl sites for hydroxylation is 1. The molecule has 30 heavy (non-hydrogen) atoms. The van der Waals surface area contributed by atoms with Crippen LogP contribution in [-0.2, 0) is 31.6 Å². The molecule has 0 aliphatic carbocycles. The third-order valence-electron chi connectivity index (χ3n) is 5.37. The Morgan fingerprint density at radius 1 is 1.17 bits per heavy atom. The van der Waals surface area contributed by atoms with E-state index in [4.69, 9.17) is 0 Å². The van der Waals surface area contributed by atoms with Gasteiger partial charge in [-0.15, -0.1) is 0 Å². The summed E-state index contributed by atoms with van der Waals surface area (Å²) in [4.78, 5) is 13.8. The molecule has 1 aromatic heterocycles. The first kappa shape index (κ1) is 20.5. The fourth-order valence-electron chi connectivity index (χ4n) is 3.92. The minimum absolute atomic E-state index is 0.126. The smallest absolute Gasteiger partial charge is 0.320 e. The number of halogens is 6. The number of amides is 2. The van der Waals surface area contributed by atoms with Gasteiger partial charge < -0.3 is 10.2 Å². The van der Waals surface area contributed by atoms with E-state index in [1.54, 1.807) is 0 Å². The Balaban J connectivity index is 1.56. The summed E-state index contributed by atoms with van der Waals surface area (Å²) in [6.45, 7) is 0.424. The van der Waals surface area contributed by atoms with Gasteiger partial charge in [0.05, 0.1) is 17.8 Å². The molecule has 2 aliphatic heterocycles. The van der Waals surface area contributed by atoms with Crippen LogP contribution in [0.2, 0.25) is 0 Å². The van der Waals surface area contributed by atoms with Crippen LogP contribution in [0.3, 0.4) is 0 Å². The van der Waals surface area contributed by atoms with Gasteiger partial charge in [0.25, 0.3) is 5.92 Å². The number of hydrogen-bond donors (Lipinski definition) is 1. The van der Waals surface area contributed by atoms with Gasteiger partial charge in [0.1, 0.15) is 11.5 Å². The number of aromatic nitrogens is 2. The summed E-state index contributed by atoms with van der Waals surface area (Å²) in [6, 6.07) is 1.38. The predicted molar refractivity (Wildman–Crippen MR) is 94.5 cm³/mol. The van der Waals surface area contributed by atoms with Crippen molar-refractivity contribution in [3.05, 3.63) is 46.5 Å². The van der Waals surface area contributed by atoms with E-state index in [1.165, 1.54) is 9.58 Å². The summed E-state index contributed by atoms with van der Waals surface area (Å²) in [7, 11) is 0. The Kier molecular flexibility index (Phi) is 4.94. The molecule has 0 saturated heterocycles. The fourth-order valence-corrected chi connectivity index (χ4v) is 3.92. The molecule has 5 nitrogen and oxygen atoms in total. The number of anilines is 1. The maximum atomic E-state index is 14.6.